The van der Waals surface area contributed by atoms with Gasteiger partial charge in [0.15, 0.2) is 5.76 Å². The minimum absolute atomic E-state index is 0.0940. The molecule has 1 amide bonds. The van der Waals surface area contributed by atoms with Crippen molar-refractivity contribution in [1.82, 2.24) is 4.98 Å². The van der Waals surface area contributed by atoms with Gasteiger partial charge in [0.2, 0.25) is 5.91 Å². The van der Waals surface area contributed by atoms with E-state index < -0.39 is 17.4 Å². The quantitative estimate of drug-likeness (QED) is 0.610. The molecular weight excluding hydrogens is 390 g/mol. The number of hydrogen-bond donors (Lipinski definition) is 1. The Hall–Kier alpha value is -3.00. The van der Waals surface area contributed by atoms with Crippen LogP contribution >= 0.6 is 11.3 Å². The molecule has 0 bridgehead atoms. The average Bonchev–Trinajstić information content (AvgIpc) is 3.18. The molecule has 1 aromatic heterocycles. The number of rotatable bonds is 4. The van der Waals surface area contributed by atoms with E-state index in [9.17, 15) is 14.9 Å². The smallest absolute Gasteiger partial charge is 0.275 e. The van der Waals surface area contributed by atoms with E-state index in [4.69, 9.17) is 9.72 Å². The van der Waals surface area contributed by atoms with Gasteiger partial charge in [-0.15, -0.1) is 11.3 Å². The molecule has 3 atom stereocenters. The van der Waals surface area contributed by atoms with E-state index in [1.165, 1.54) is 18.4 Å². The molecule has 0 spiro atoms. The lowest BCUT2D eigenvalue weighted by molar-refractivity contribution is -0.522. The summed E-state index contributed by atoms with van der Waals surface area (Å²) in [6.07, 6.45) is 4.01. The number of methoxy groups -OCH3 is 1. The molecule has 1 N–H and O–H groups in total. The maximum absolute atomic E-state index is 12.9. The van der Waals surface area contributed by atoms with Crippen LogP contribution in [-0.4, -0.2) is 29.0 Å². The van der Waals surface area contributed by atoms with Crippen molar-refractivity contribution < 1.29 is 14.5 Å². The van der Waals surface area contributed by atoms with E-state index in [1.54, 1.807) is 13.0 Å². The summed E-state index contributed by atoms with van der Waals surface area (Å²) < 4.78 is 5.19. The predicted octanol–water partition coefficient (Wildman–Crippen LogP) is 3.80. The predicted molar refractivity (Wildman–Crippen MR) is 111 cm³/mol. The molecule has 1 aliphatic heterocycles. The molecule has 4 rings (SSSR count). The summed E-state index contributed by atoms with van der Waals surface area (Å²) in [7, 11) is 1.44. The third kappa shape index (κ3) is 3.13. The summed E-state index contributed by atoms with van der Waals surface area (Å²) in [6.45, 7) is 3.69. The van der Waals surface area contributed by atoms with E-state index in [0.717, 1.165) is 16.8 Å². The van der Waals surface area contributed by atoms with Crippen molar-refractivity contribution in [3.05, 3.63) is 73.9 Å². The Labute approximate surface area is 172 Å². The Kier molecular flexibility index (Phi) is 4.74. The third-order valence-electron chi connectivity index (χ3n) is 5.77. The van der Waals surface area contributed by atoms with Crippen molar-refractivity contribution in [2.24, 2.45) is 5.92 Å². The number of nitro groups is 1. The Morgan fingerprint density at radius 2 is 2.10 bits per heavy atom. The van der Waals surface area contributed by atoms with Gasteiger partial charge >= 0.3 is 0 Å². The van der Waals surface area contributed by atoms with Crippen LogP contribution in [0.3, 0.4) is 0 Å². The number of benzene rings is 1. The van der Waals surface area contributed by atoms with Gasteiger partial charge in [0, 0.05) is 16.0 Å². The van der Waals surface area contributed by atoms with E-state index in [0.29, 0.717) is 22.9 Å². The molecule has 7 nitrogen and oxygen atoms in total. The molecule has 2 heterocycles. The Bertz CT molecular complexity index is 1060. The van der Waals surface area contributed by atoms with Gasteiger partial charge in [0.05, 0.1) is 24.1 Å². The number of para-hydroxylation sites is 1. The van der Waals surface area contributed by atoms with Gasteiger partial charge in [-0.3, -0.25) is 14.9 Å². The molecule has 0 radical (unpaired) electrons. The number of anilines is 1. The van der Waals surface area contributed by atoms with E-state index >= 15 is 0 Å². The van der Waals surface area contributed by atoms with Crippen LogP contribution in [-0.2, 0) is 21.4 Å². The van der Waals surface area contributed by atoms with Gasteiger partial charge in [-0.25, -0.2) is 4.98 Å². The SMILES string of the molecule is COC1=CC=C(c2nc(C3(C)Cc4ccccc4NC3=O)cs2)C(C)C1[N+](=O)[O-]. The number of thiazole rings is 1. The van der Waals surface area contributed by atoms with Crippen molar-refractivity contribution in [2.45, 2.75) is 31.7 Å². The van der Waals surface area contributed by atoms with E-state index in [2.05, 4.69) is 5.32 Å². The van der Waals surface area contributed by atoms with Gasteiger partial charge in [0.1, 0.15) is 5.01 Å². The highest BCUT2D eigenvalue weighted by Gasteiger charge is 2.43. The molecule has 0 saturated heterocycles. The largest absolute Gasteiger partial charge is 0.494 e. The molecular formula is C21H21N3O4S. The van der Waals surface area contributed by atoms with Crippen molar-refractivity contribution >= 4 is 28.5 Å². The molecule has 0 fully saturated rings. The third-order valence-corrected chi connectivity index (χ3v) is 6.66. The van der Waals surface area contributed by atoms with Crippen molar-refractivity contribution in [1.29, 1.82) is 0 Å². The fraction of sp³-hybridized carbons (Fsp3) is 0.333. The summed E-state index contributed by atoms with van der Waals surface area (Å²) in [6, 6.07) is 6.80. The maximum Gasteiger partial charge on any atom is 0.275 e. The van der Waals surface area contributed by atoms with Crippen LogP contribution in [0.5, 0.6) is 0 Å². The topological polar surface area (TPSA) is 94.4 Å². The number of aromatic nitrogens is 1. The fourth-order valence-corrected chi connectivity index (χ4v) is 5.04. The van der Waals surface area contributed by atoms with Crippen LogP contribution in [0.2, 0.25) is 0 Å². The molecule has 0 saturated carbocycles. The lowest BCUT2D eigenvalue weighted by atomic mass is 9.77. The van der Waals surface area contributed by atoms with Crippen molar-refractivity contribution in [3.8, 4) is 0 Å². The highest BCUT2D eigenvalue weighted by atomic mass is 32.1. The van der Waals surface area contributed by atoms with E-state index in [1.807, 2.05) is 42.6 Å². The molecule has 29 heavy (non-hydrogen) atoms. The number of ether oxygens (including phenoxy) is 1. The summed E-state index contributed by atoms with van der Waals surface area (Å²) in [5, 5.41) is 17.1. The molecule has 1 aliphatic carbocycles. The number of nitrogens with zero attached hydrogens (tertiary/aromatic N) is 2. The molecule has 2 aromatic rings. The normalized spacial score (nSPS) is 26.1. The summed E-state index contributed by atoms with van der Waals surface area (Å²) in [5.74, 6) is -0.153. The molecule has 8 heteroatoms. The summed E-state index contributed by atoms with van der Waals surface area (Å²) in [5.41, 5.74) is 2.56. The zero-order valence-electron chi connectivity index (χ0n) is 16.3. The summed E-state index contributed by atoms with van der Waals surface area (Å²) >= 11 is 1.41. The Morgan fingerprint density at radius 1 is 1.34 bits per heavy atom. The Balaban J connectivity index is 1.69. The van der Waals surface area contributed by atoms with Crippen molar-refractivity contribution in [3.63, 3.8) is 0 Å². The number of amides is 1. The second-order valence-corrected chi connectivity index (χ2v) is 8.43. The van der Waals surface area contributed by atoms with Gasteiger partial charge in [0.25, 0.3) is 6.04 Å². The van der Waals surface area contributed by atoms with Crippen LogP contribution in [0, 0.1) is 16.0 Å². The van der Waals surface area contributed by atoms with Gasteiger partial charge in [-0.2, -0.15) is 0 Å². The van der Waals surface area contributed by atoms with E-state index in [-0.39, 0.29) is 10.8 Å². The first-order chi connectivity index (χ1) is 13.8. The summed E-state index contributed by atoms with van der Waals surface area (Å²) in [4.78, 5) is 28.9. The van der Waals surface area contributed by atoms with Gasteiger partial charge in [-0.1, -0.05) is 31.2 Å². The average molecular weight is 411 g/mol. The maximum atomic E-state index is 12.9. The highest BCUT2D eigenvalue weighted by Crippen LogP contribution is 2.40. The molecule has 3 unspecified atom stereocenters. The number of carbonyl (C=O) groups excluding carboxylic acids is 1. The van der Waals surface area contributed by atoms with Crippen LogP contribution in [0.15, 0.2) is 47.6 Å². The van der Waals surface area contributed by atoms with Crippen LogP contribution in [0.4, 0.5) is 5.69 Å². The molecule has 1 aromatic carbocycles. The number of hydrogen-bond acceptors (Lipinski definition) is 6. The molecule has 2 aliphatic rings. The second-order valence-electron chi connectivity index (χ2n) is 7.57. The second kappa shape index (κ2) is 7.11. The van der Waals surface area contributed by atoms with Crippen molar-refractivity contribution in [2.75, 3.05) is 12.4 Å². The first-order valence-corrected chi connectivity index (χ1v) is 10.2. The lowest BCUT2D eigenvalue weighted by Crippen LogP contribution is -2.43. The monoisotopic (exact) mass is 411 g/mol. The zero-order valence-corrected chi connectivity index (χ0v) is 17.2. The molecule has 150 valence electrons. The highest BCUT2D eigenvalue weighted by molar-refractivity contribution is 7.10. The minimum Gasteiger partial charge on any atom is -0.494 e. The number of fused-ring (bicyclic) bond motifs is 1. The number of nitrogens with one attached hydrogen (secondary N) is 1. The number of carbonyl (C=O) groups is 1. The fourth-order valence-electron chi connectivity index (χ4n) is 3.96. The van der Waals surface area contributed by atoms with Crippen LogP contribution in [0.1, 0.15) is 30.1 Å². The van der Waals surface area contributed by atoms with Gasteiger partial charge in [-0.05, 0) is 36.6 Å². The van der Waals surface area contributed by atoms with Crippen LogP contribution < -0.4 is 5.32 Å². The Morgan fingerprint density at radius 3 is 2.83 bits per heavy atom. The lowest BCUT2D eigenvalue weighted by Gasteiger charge is -2.32. The first-order valence-electron chi connectivity index (χ1n) is 9.30. The standard InChI is InChI=1S/C21H21N3O4S/c1-12-14(8-9-16(28-3)18(12)24(26)27)19-23-17(11-29-19)21(2)10-13-6-4-5-7-15(13)22-20(21)25/h4-9,11-12,18H,10H2,1-3H3,(H,22,25). The number of allylic oxidation sites excluding steroid dienone is 2. The van der Waals surface area contributed by atoms with Crippen LogP contribution in [0.25, 0.3) is 5.57 Å². The zero-order chi connectivity index (χ0) is 20.8. The first kappa shape index (κ1) is 19.3. The van der Waals surface area contributed by atoms with Gasteiger partial charge < -0.3 is 10.1 Å². The minimum atomic E-state index is -0.951.